The molecule has 0 aliphatic carbocycles. The van der Waals surface area contributed by atoms with Crippen LogP contribution in [0.3, 0.4) is 0 Å². The van der Waals surface area contributed by atoms with Crippen molar-refractivity contribution in [3.63, 3.8) is 0 Å². The van der Waals surface area contributed by atoms with Gasteiger partial charge in [-0.05, 0) is 43.8 Å². The van der Waals surface area contributed by atoms with Crippen LogP contribution in [0.25, 0.3) is 0 Å². The van der Waals surface area contributed by atoms with Gasteiger partial charge in [-0.15, -0.1) is 0 Å². The van der Waals surface area contributed by atoms with Gasteiger partial charge in [0.1, 0.15) is 0 Å². The molecule has 2 aliphatic heterocycles. The Labute approximate surface area is 99.5 Å². The average molecular weight is 226 g/mol. The number of hydrogen-bond donors (Lipinski definition) is 1. The second kappa shape index (κ2) is 5.48. The molecular weight excluding hydrogens is 200 g/mol. The third kappa shape index (κ3) is 2.76. The van der Waals surface area contributed by atoms with Gasteiger partial charge in [-0.3, -0.25) is 0 Å². The highest BCUT2D eigenvalue weighted by Crippen LogP contribution is 2.23. The number of likely N-dealkylation sites (tertiary alicyclic amines) is 1. The summed E-state index contributed by atoms with van der Waals surface area (Å²) in [7, 11) is 1.85. The van der Waals surface area contributed by atoms with Crippen LogP contribution >= 0.6 is 0 Å². The van der Waals surface area contributed by atoms with Gasteiger partial charge in [-0.1, -0.05) is 13.8 Å². The maximum Gasteiger partial charge on any atom is 0.0724 e. The highest BCUT2D eigenvalue weighted by Gasteiger charge is 2.30. The van der Waals surface area contributed by atoms with E-state index in [1.807, 2.05) is 7.11 Å². The molecule has 2 rings (SSSR count). The second-order valence-corrected chi connectivity index (χ2v) is 5.70. The number of rotatable bonds is 3. The largest absolute Gasteiger partial charge is 0.380 e. The molecule has 0 aromatic carbocycles. The maximum absolute atomic E-state index is 5.57. The van der Waals surface area contributed by atoms with Crippen molar-refractivity contribution in [3.05, 3.63) is 0 Å². The van der Waals surface area contributed by atoms with Crippen LogP contribution in [0.1, 0.15) is 20.3 Å². The van der Waals surface area contributed by atoms with Crippen LogP contribution in [0.4, 0.5) is 0 Å². The molecule has 2 aliphatic rings. The number of methoxy groups -OCH3 is 1. The van der Waals surface area contributed by atoms with E-state index in [4.69, 9.17) is 4.74 Å². The Kier molecular flexibility index (Phi) is 4.22. The fourth-order valence-electron chi connectivity index (χ4n) is 3.01. The van der Waals surface area contributed by atoms with E-state index >= 15 is 0 Å². The summed E-state index contributed by atoms with van der Waals surface area (Å²) in [5, 5.41) is 3.49. The fraction of sp³-hybridized carbons (Fsp3) is 1.00. The van der Waals surface area contributed by atoms with Crippen LogP contribution < -0.4 is 5.32 Å². The van der Waals surface area contributed by atoms with E-state index in [0.717, 1.165) is 24.3 Å². The van der Waals surface area contributed by atoms with Gasteiger partial charge in [0.25, 0.3) is 0 Å². The van der Waals surface area contributed by atoms with Gasteiger partial charge in [-0.25, -0.2) is 0 Å². The minimum absolute atomic E-state index is 0.443. The number of nitrogens with one attached hydrogen (secondary N) is 1. The molecule has 0 saturated carbocycles. The summed E-state index contributed by atoms with van der Waals surface area (Å²) in [6.45, 7) is 10.7. The van der Waals surface area contributed by atoms with Gasteiger partial charge in [-0.2, -0.15) is 0 Å². The van der Waals surface area contributed by atoms with Gasteiger partial charge < -0.3 is 15.0 Å². The van der Waals surface area contributed by atoms with Crippen LogP contribution in [-0.4, -0.2) is 50.8 Å². The molecule has 0 bridgehead atoms. The number of hydrogen-bond acceptors (Lipinski definition) is 3. The zero-order valence-corrected chi connectivity index (χ0v) is 10.9. The number of ether oxygens (including phenoxy) is 1. The standard InChI is InChI=1S/C13H26N2O/c1-10-4-5-15(9-13(10)16-3)8-12-7-14-6-11(12)2/h10-14H,4-9H2,1-3H3. The Bertz CT molecular complexity index is 222. The molecule has 3 nitrogen and oxygen atoms in total. The minimum Gasteiger partial charge on any atom is -0.380 e. The first-order chi connectivity index (χ1) is 7.70. The topological polar surface area (TPSA) is 24.5 Å². The molecule has 2 saturated heterocycles. The fourth-order valence-corrected chi connectivity index (χ4v) is 3.01. The summed E-state index contributed by atoms with van der Waals surface area (Å²) in [4.78, 5) is 2.60. The molecule has 0 amide bonds. The number of piperidine rings is 1. The van der Waals surface area contributed by atoms with Crippen molar-refractivity contribution in [2.24, 2.45) is 17.8 Å². The maximum atomic E-state index is 5.57. The molecule has 94 valence electrons. The van der Waals surface area contributed by atoms with Gasteiger partial charge >= 0.3 is 0 Å². The zero-order chi connectivity index (χ0) is 11.5. The first kappa shape index (κ1) is 12.3. The van der Waals surface area contributed by atoms with Crippen LogP contribution in [0.2, 0.25) is 0 Å². The molecule has 2 heterocycles. The van der Waals surface area contributed by atoms with E-state index in [-0.39, 0.29) is 0 Å². The smallest absolute Gasteiger partial charge is 0.0724 e. The predicted molar refractivity (Wildman–Crippen MR) is 66.5 cm³/mol. The Morgan fingerprint density at radius 2 is 2.06 bits per heavy atom. The summed E-state index contributed by atoms with van der Waals surface area (Å²) < 4.78 is 5.57. The van der Waals surface area contributed by atoms with Crippen LogP contribution in [0, 0.1) is 17.8 Å². The van der Waals surface area contributed by atoms with E-state index < -0.39 is 0 Å². The molecule has 3 heteroatoms. The van der Waals surface area contributed by atoms with E-state index in [0.29, 0.717) is 6.10 Å². The Hall–Kier alpha value is -0.120. The highest BCUT2D eigenvalue weighted by atomic mass is 16.5. The first-order valence-corrected chi connectivity index (χ1v) is 6.66. The molecule has 0 radical (unpaired) electrons. The normalized spacial score (nSPS) is 41.4. The second-order valence-electron chi connectivity index (χ2n) is 5.70. The zero-order valence-electron chi connectivity index (χ0n) is 10.9. The summed E-state index contributed by atoms with van der Waals surface area (Å²) in [5.74, 6) is 2.40. The molecule has 4 unspecified atom stereocenters. The quantitative estimate of drug-likeness (QED) is 0.782. The van der Waals surface area contributed by atoms with Gasteiger partial charge in [0, 0.05) is 20.2 Å². The Morgan fingerprint density at radius 3 is 2.69 bits per heavy atom. The van der Waals surface area contributed by atoms with Crippen LogP contribution in [-0.2, 0) is 4.74 Å². The lowest BCUT2D eigenvalue weighted by Gasteiger charge is -2.37. The average Bonchev–Trinajstić information content (AvgIpc) is 2.67. The third-order valence-electron chi connectivity index (χ3n) is 4.45. The van der Waals surface area contributed by atoms with Gasteiger partial charge in [0.2, 0.25) is 0 Å². The molecule has 16 heavy (non-hydrogen) atoms. The van der Waals surface area contributed by atoms with Crippen molar-refractivity contribution in [1.82, 2.24) is 10.2 Å². The first-order valence-electron chi connectivity index (χ1n) is 6.66. The summed E-state index contributed by atoms with van der Waals surface area (Å²) in [6, 6.07) is 0. The monoisotopic (exact) mass is 226 g/mol. The Morgan fingerprint density at radius 1 is 1.25 bits per heavy atom. The Balaban J connectivity index is 1.81. The van der Waals surface area contributed by atoms with Crippen molar-refractivity contribution < 1.29 is 4.74 Å². The van der Waals surface area contributed by atoms with Crippen molar-refractivity contribution in [2.75, 3.05) is 39.8 Å². The van der Waals surface area contributed by atoms with E-state index in [1.54, 1.807) is 0 Å². The lowest BCUT2D eigenvalue weighted by molar-refractivity contribution is -0.00989. The van der Waals surface area contributed by atoms with Crippen molar-refractivity contribution >= 4 is 0 Å². The molecule has 2 fully saturated rings. The molecule has 0 spiro atoms. The third-order valence-corrected chi connectivity index (χ3v) is 4.45. The summed E-state index contributed by atoms with van der Waals surface area (Å²) >= 11 is 0. The lowest BCUT2D eigenvalue weighted by Crippen LogP contribution is -2.46. The molecule has 1 N–H and O–H groups in total. The highest BCUT2D eigenvalue weighted by molar-refractivity contribution is 4.84. The molecule has 0 aromatic heterocycles. The van der Waals surface area contributed by atoms with Crippen molar-refractivity contribution in [1.29, 1.82) is 0 Å². The minimum atomic E-state index is 0.443. The van der Waals surface area contributed by atoms with Gasteiger partial charge in [0.05, 0.1) is 6.10 Å². The van der Waals surface area contributed by atoms with Crippen LogP contribution in [0.15, 0.2) is 0 Å². The van der Waals surface area contributed by atoms with E-state index in [1.165, 1.54) is 32.6 Å². The van der Waals surface area contributed by atoms with Crippen LogP contribution in [0.5, 0.6) is 0 Å². The summed E-state index contributed by atoms with van der Waals surface area (Å²) in [6.07, 6.45) is 1.73. The van der Waals surface area contributed by atoms with Gasteiger partial charge in [0.15, 0.2) is 0 Å². The molecule has 4 atom stereocenters. The lowest BCUT2D eigenvalue weighted by atomic mass is 9.92. The summed E-state index contributed by atoms with van der Waals surface area (Å²) in [5.41, 5.74) is 0. The number of nitrogens with zero attached hydrogens (tertiary/aromatic N) is 1. The van der Waals surface area contributed by atoms with Crippen molar-refractivity contribution in [2.45, 2.75) is 26.4 Å². The van der Waals surface area contributed by atoms with E-state index in [9.17, 15) is 0 Å². The van der Waals surface area contributed by atoms with Crippen molar-refractivity contribution in [3.8, 4) is 0 Å². The van der Waals surface area contributed by atoms with E-state index in [2.05, 4.69) is 24.1 Å². The SMILES string of the molecule is COC1CN(CC2CNCC2C)CCC1C. The molecule has 0 aromatic rings. The predicted octanol–water partition coefficient (Wildman–Crippen LogP) is 1.20. The molecular formula is C13H26N2O.